The van der Waals surface area contributed by atoms with Gasteiger partial charge in [0, 0.05) is 25.2 Å². The summed E-state index contributed by atoms with van der Waals surface area (Å²) in [4.78, 5) is 57.3. The Hall–Kier alpha value is -3.44. The Morgan fingerprint density at radius 2 is 1.52 bits per heavy atom. The Morgan fingerprint density at radius 1 is 0.891 bits per heavy atom. The zero-order valence-electron chi connectivity index (χ0n) is 27.8. The van der Waals surface area contributed by atoms with Crippen molar-refractivity contribution in [3.8, 4) is 0 Å². The molecule has 0 fully saturated rings. The van der Waals surface area contributed by atoms with Gasteiger partial charge in [0.2, 0.25) is 6.79 Å². The molecule has 256 valence electrons. The lowest BCUT2D eigenvalue weighted by Gasteiger charge is -2.31. The monoisotopic (exact) mass is 663 g/mol. The number of anilines is 3. The average molecular weight is 664 g/mol. The lowest BCUT2D eigenvalue weighted by Crippen LogP contribution is -2.32. The SMILES string of the molecule is CCC(CC(=O)OCOC(=O)CCCCOP(=O)(O)O)c1ccc(N(CC(C)C)CC(C)C)c(NC(=O)Nc2ccc(C)cc2)c1. The van der Waals surface area contributed by atoms with Crippen molar-refractivity contribution in [3.05, 3.63) is 53.6 Å². The fourth-order valence-corrected chi connectivity index (χ4v) is 5.17. The van der Waals surface area contributed by atoms with Crippen molar-refractivity contribution in [1.82, 2.24) is 0 Å². The highest BCUT2D eigenvalue weighted by molar-refractivity contribution is 7.46. The molecule has 0 radical (unpaired) electrons. The van der Waals surface area contributed by atoms with Crippen LogP contribution in [0.1, 0.15) is 83.8 Å². The molecule has 2 amide bonds. The Morgan fingerprint density at radius 3 is 2.11 bits per heavy atom. The molecule has 1 atom stereocenters. The van der Waals surface area contributed by atoms with Crippen molar-refractivity contribution in [2.24, 2.45) is 11.8 Å². The van der Waals surface area contributed by atoms with E-state index in [1.165, 1.54) is 0 Å². The maximum atomic E-state index is 13.1. The van der Waals surface area contributed by atoms with Crippen molar-refractivity contribution < 1.29 is 42.7 Å². The third-order valence-corrected chi connectivity index (χ3v) is 7.46. The van der Waals surface area contributed by atoms with Crippen LogP contribution in [0.4, 0.5) is 21.9 Å². The summed E-state index contributed by atoms with van der Waals surface area (Å²) in [7, 11) is -4.53. The van der Waals surface area contributed by atoms with Gasteiger partial charge in [0.05, 0.1) is 24.4 Å². The molecular weight excluding hydrogens is 613 g/mol. The number of ether oxygens (including phenoxy) is 2. The second-order valence-corrected chi connectivity index (χ2v) is 13.4. The standard InChI is InChI=1S/C33H50N3O9P/c1-7-26(19-32(38)44-22-43-31(37)10-8-9-17-45-46(40,41)42)27-13-16-30(36(20-23(2)3)21-24(4)5)29(18-27)35-33(39)34-28-14-11-25(6)12-15-28/h11-16,18,23-24,26H,7-10,17,19-22H2,1-6H3,(H2,34,35,39)(H2,40,41,42). The predicted octanol–water partition coefficient (Wildman–Crippen LogP) is 6.96. The van der Waals surface area contributed by atoms with Gasteiger partial charge >= 0.3 is 25.8 Å². The molecule has 0 saturated heterocycles. The number of aryl methyl sites for hydroxylation is 1. The zero-order valence-corrected chi connectivity index (χ0v) is 28.7. The van der Waals surface area contributed by atoms with Gasteiger partial charge in [-0.15, -0.1) is 0 Å². The van der Waals surface area contributed by atoms with Crippen LogP contribution in [0.2, 0.25) is 0 Å². The van der Waals surface area contributed by atoms with Crippen LogP contribution in [0, 0.1) is 18.8 Å². The molecule has 2 aromatic rings. The molecule has 2 rings (SSSR count). The summed E-state index contributed by atoms with van der Waals surface area (Å²) in [6, 6.07) is 13.0. The summed E-state index contributed by atoms with van der Waals surface area (Å²) in [5.41, 5.74) is 4.15. The molecule has 4 N–H and O–H groups in total. The van der Waals surface area contributed by atoms with Gasteiger partial charge in [-0.1, -0.05) is 58.4 Å². The summed E-state index contributed by atoms with van der Waals surface area (Å²) in [5, 5.41) is 5.94. The molecule has 0 bridgehead atoms. The van der Waals surface area contributed by atoms with Crippen LogP contribution in [0.5, 0.6) is 0 Å². The number of unbranched alkanes of at least 4 members (excludes halogenated alkanes) is 1. The number of nitrogens with one attached hydrogen (secondary N) is 2. The quantitative estimate of drug-likeness (QED) is 0.0534. The first kappa shape index (κ1) is 38.7. The second-order valence-electron chi connectivity index (χ2n) is 12.2. The molecule has 12 nitrogen and oxygen atoms in total. The largest absolute Gasteiger partial charge is 0.469 e. The number of hydrogen-bond donors (Lipinski definition) is 4. The molecule has 0 aliphatic carbocycles. The van der Waals surface area contributed by atoms with Crippen LogP contribution in [0.3, 0.4) is 0 Å². The number of esters is 2. The molecule has 0 aliphatic heterocycles. The fraction of sp³-hybridized carbons (Fsp3) is 0.545. The Bertz CT molecular complexity index is 1300. The second kappa shape index (κ2) is 19.3. The smallest absolute Gasteiger partial charge is 0.428 e. The molecule has 13 heteroatoms. The van der Waals surface area contributed by atoms with Crippen molar-refractivity contribution in [2.45, 2.75) is 79.6 Å². The van der Waals surface area contributed by atoms with Crippen molar-refractivity contribution in [3.63, 3.8) is 0 Å². The van der Waals surface area contributed by atoms with Gasteiger partial charge in [0.25, 0.3) is 0 Å². The molecule has 0 saturated carbocycles. The molecule has 0 heterocycles. The third-order valence-electron chi connectivity index (χ3n) is 6.94. The molecule has 46 heavy (non-hydrogen) atoms. The number of phosphoric acid groups is 1. The number of benzene rings is 2. The van der Waals surface area contributed by atoms with Crippen LogP contribution in [0.25, 0.3) is 0 Å². The zero-order chi connectivity index (χ0) is 34.3. The van der Waals surface area contributed by atoms with E-state index >= 15 is 0 Å². The predicted molar refractivity (Wildman–Crippen MR) is 179 cm³/mol. The number of rotatable bonds is 19. The number of carbonyl (C=O) groups is 3. The minimum absolute atomic E-state index is 0.0100. The van der Waals surface area contributed by atoms with E-state index in [0.29, 0.717) is 36.1 Å². The number of amides is 2. The number of nitrogens with zero attached hydrogens (tertiary/aromatic N) is 1. The van der Waals surface area contributed by atoms with Crippen molar-refractivity contribution in [2.75, 3.05) is 42.0 Å². The number of carbonyl (C=O) groups excluding carboxylic acids is 3. The van der Waals surface area contributed by atoms with Crippen LogP contribution in [0.15, 0.2) is 42.5 Å². The Balaban J connectivity index is 2.10. The topological polar surface area (TPSA) is 164 Å². The first-order valence-corrected chi connectivity index (χ1v) is 17.2. The van der Waals surface area contributed by atoms with Gasteiger partial charge in [-0.3, -0.25) is 14.1 Å². The molecule has 0 aromatic heterocycles. The lowest BCUT2D eigenvalue weighted by molar-refractivity contribution is -0.167. The van der Waals surface area contributed by atoms with Crippen LogP contribution >= 0.6 is 7.82 Å². The molecular formula is C33H50N3O9P. The number of hydrogen-bond acceptors (Lipinski definition) is 8. The molecule has 1 unspecified atom stereocenters. The van der Waals surface area contributed by atoms with E-state index < -0.39 is 26.6 Å². The Labute approximate surface area is 272 Å². The van der Waals surface area contributed by atoms with Gasteiger partial charge in [-0.05, 0) is 73.8 Å². The molecule has 0 spiro atoms. The van der Waals surface area contributed by atoms with Crippen molar-refractivity contribution in [1.29, 1.82) is 0 Å². The maximum Gasteiger partial charge on any atom is 0.469 e. The highest BCUT2D eigenvalue weighted by Gasteiger charge is 2.21. The highest BCUT2D eigenvalue weighted by Crippen LogP contribution is 2.36. The minimum Gasteiger partial charge on any atom is -0.428 e. The van der Waals surface area contributed by atoms with E-state index in [0.717, 1.165) is 29.9 Å². The van der Waals surface area contributed by atoms with Crippen LogP contribution in [-0.4, -0.2) is 54.2 Å². The summed E-state index contributed by atoms with van der Waals surface area (Å²) in [5.74, 6) is -0.565. The summed E-state index contributed by atoms with van der Waals surface area (Å²) in [6.07, 6.45) is 1.22. The van der Waals surface area contributed by atoms with Gasteiger partial charge in [0.15, 0.2) is 0 Å². The van der Waals surface area contributed by atoms with Crippen molar-refractivity contribution >= 4 is 42.9 Å². The molecule has 0 aliphatic rings. The highest BCUT2D eigenvalue weighted by atomic mass is 31.2. The van der Waals surface area contributed by atoms with Gasteiger partial charge in [0.1, 0.15) is 0 Å². The average Bonchev–Trinajstić information content (AvgIpc) is 2.95. The first-order chi connectivity index (χ1) is 21.7. The Kier molecular flexibility index (Phi) is 16.2. The van der Waals surface area contributed by atoms with E-state index in [2.05, 4.69) is 47.8 Å². The normalized spacial score (nSPS) is 12.1. The van der Waals surface area contributed by atoms with E-state index in [1.807, 2.05) is 56.3 Å². The van der Waals surface area contributed by atoms with E-state index in [9.17, 15) is 18.9 Å². The van der Waals surface area contributed by atoms with E-state index in [1.54, 1.807) is 0 Å². The maximum absolute atomic E-state index is 13.1. The van der Waals surface area contributed by atoms with Gasteiger partial charge in [-0.2, -0.15) is 0 Å². The lowest BCUT2D eigenvalue weighted by atomic mass is 9.92. The van der Waals surface area contributed by atoms with E-state index in [4.69, 9.17) is 19.3 Å². The molecule has 2 aromatic carbocycles. The number of phosphoric ester groups is 1. The van der Waals surface area contributed by atoms with E-state index in [-0.39, 0.29) is 37.8 Å². The third kappa shape index (κ3) is 15.2. The van der Waals surface area contributed by atoms with Gasteiger partial charge in [-0.25, -0.2) is 9.36 Å². The van der Waals surface area contributed by atoms with Crippen LogP contribution < -0.4 is 15.5 Å². The summed E-state index contributed by atoms with van der Waals surface area (Å²) in [6.45, 7) is 13.4. The first-order valence-electron chi connectivity index (χ1n) is 15.7. The summed E-state index contributed by atoms with van der Waals surface area (Å²) >= 11 is 0. The number of urea groups is 1. The summed E-state index contributed by atoms with van der Waals surface area (Å²) < 4.78 is 25.1. The minimum atomic E-state index is -4.53. The van der Waals surface area contributed by atoms with Crippen LogP contribution in [-0.2, 0) is 28.2 Å². The fourth-order valence-electron chi connectivity index (χ4n) is 4.80. The van der Waals surface area contributed by atoms with Gasteiger partial charge < -0.3 is 34.8 Å².